The average Bonchev–Trinajstić information content (AvgIpc) is 3.17. The van der Waals surface area contributed by atoms with Crippen LogP contribution in [0.2, 0.25) is 0 Å². The highest BCUT2D eigenvalue weighted by molar-refractivity contribution is 5.96. The van der Waals surface area contributed by atoms with Gasteiger partial charge in [0, 0.05) is 31.5 Å². The molecule has 298 valence electrons. The number of benzene rings is 2. The highest BCUT2D eigenvalue weighted by Gasteiger charge is 2.22. The zero-order valence-electron chi connectivity index (χ0n) is 31.3. The smallest absolute Gasteiger partial charge is 0.481 e. The van der Waals surface area contributed by atoms with Crippen molar-refractivity contribution >= 4 is 53.3 Å². The molecule has 17 heteroatoms. The van der Waals surface area contributed by atoms with Gasteiger partial charge in [-0.05, 0) is 36.1 Å². The number of carbonyl (C=O) groups excluding carboxylic acids is 6. The third kappa shape index (κ3) is 24.2. The minimum Gasteiger partial charge on any atom is -0.481 e. The predicted molar refractivity (Wildman–Crippen MR) is 200 cm³/mol. The number of amides is 6. The molecule has 0 aliphatic heterocycles. The van der Waals surface area contributed by atoms with Crippen LogP contribution < -0.4 is 31.9 Å². The van der Waals surface area contributed by atoms with E-state index in [9.17, 15) is 38.4 Å². The third-order valence-corrected chi connectivity index (χ3v) is 6.82. The lowest BCUT2D eigenvalue weighted by atomic mass is 10.1. The first-order valence-corrected chi connectivity index (χ1v) is 17.8. The number of unbranched alkanes of at least 4 members (excludes halogenated alkanes) is 2. The van der Waals surface area contributed by atoms with Crippen molar-refractivity contribution in [3.8, 4) is 0 Å². The molecule has 0 radical (unpaired) electrons. The molecule has 0 bridgehead atoms. The Labute approximate surface area is 315 Å². The molecule has 0 fully saturated rings. The second-order valence-electron chi connectivity index (χ2n) is 10.9. The first kappa shape index (κ1) is 48.0. The number of anilines is 1. The van der Waals surface area contributed by atoms with E-state index < -0.39 is 54.9 Å². The SMILES string of the molecule is CC.CC.O=C(O)CCC(=O)NCCCCCC(=O)NCC(=O)NCC(=O)NC(Cc1ccccc1)C(=O)NCC(=O)Nc1ccc(COC(=O)O)cc1. The van der Waals surface area contributed by atoms with Gasteiger partial charge in [-0.1, -0.05) is 76.6 Å². The quantitative estimate of drug-likeness (QED) is 0.0639. The first-order valence-electron chi connectivity index (χ1n) is 17.8. The summed E-state index contributed by atoms with van der Waals surface area (Å²) in [5, 5.41) is 32.2. The molecule has 0 heterocycles. The summed E-state index contributed by atoms with van der Waals surface area (Å²) in [7, 11) is 0. The molecule has 2 aromatic rings. The van der Waals surface area contributed by atoms with Crippen molar-refractivity contribution in [1.29, 1.82) is 0 Å². The Morgan fingerprint density at radius 2 is 1.19 bits per heavy atom. The molecule has 0 aliphatic carbocycles. The van der Waals surface area contributed by atoms with E-state index in [-0.39, 0.29) is 50.6 Å². The minimum atomic E-state index is -1.41. The highest BCUT2D eigenvalue weighted by atomic mass is 16.7. The largest absolute Gasteiger partial charge is 0.506 e. The first-order chi connectivity index (χ1) is 25.9. The van der Waals surface area contributed by atoms with Gasteiger partial charge >= 0.3 is 12.1 Å². The van der Waals surface area contributed by atoms with Crippen LogP contribution in [0, 0.1) is 0 Å². The molecule has 1 atom stereocenters. The average molecular weight is 759 g/mol. The number of carboxylic acids is 1. The number of carboxylic acid groups (broad SMARTS) is 2. The van der Waals surface area contributed by atoms with Crippen molar-refractivity contribution < 1.29 is 53.3 Å². The fraction of sp³-hybridized carbons (Fsp3) is 0.459. The molecule has 17 nitrogen and oxygen atoms in total. The zero-order chi connectivity index (χ0) is 40.7. The second kappa shape index (κ2) is 29.6. The van der Waals surface area contributed by atoms with Crippen LogP contribution >= 0.6 is 0 Å². The van der Waals surface area contributed by atoms with Crippen LogP contribution in [0.1, 0.15) is 77.3 Å². The zero-order valence-corrected chi connectivity index (χ0v) is 31.3. The fourth-order valence-corrected chi connectivity index (χ4v) is 4.26. The number of nitrogens with one attached hydrogen (secondary N) is 6. The normalized spacial score (nSPS) is 10.3. The lowest BCUT2D eigenvalue weighted by Gasteiger charge is -2.19. The number of rotatable bonds is 22. The minimum absolute atomic E-state index is 0.0960. The van der Waals surface area contributed by atoms with Gasteiger partial charge in [-0.25, -0.2) is 4.79 Å². The van der Waals surface area contributed by atoms with E-state index in [2.05, 4.69) is 36.6 Å². The van der Waals surface area contributed by atoms with Gasteiger partial charge in [0.05, 0.1) is 26.1 Å². The summed E-state index contributed by atoms with van der Waals surface area (Å²) in [6, 6.07) is 14.0. The molecule has 0 spiro atoms. The number of carbonyl (C=O) groups is 8. The summed E-state index contributed by atoms with van der Waals surface area (Å²) in [4.78, 5) is 94.8. The number of hydrogen-bond acceptors (Lipinski definition) is 9. The van der Waals surface area contributed by atoms with E-state index >= 15 is 0 Å². The van der Waals surface area contributed by atoms with E-state index in [0.717, 1.165) is 5.56 Å². The molecule has 2 aromatic carbocycles. The standard InChI is InChI=1S/C33H42N6O11.2C2H6/c40-26(9-5-2-6-16-34-27(41)14-15-31(45)46)35-18-28(42)36-19-30(44)39-25(17-22-7-3-1-4-8-22)32(47)37-20-29(43)38-24-12-10-23(11-13-24)21-50-33(48)49;2*1-2/h1,3-4,7-8,10-13,25H,2,5-6,9,14-21H2,(H,34,41)(H,35,40)(H,36,42)(H,37,47)(H,38,43)(H,39,44)(H,45,46)(H,48,49);2*1-2H3. The van der Waals surface area contributed by atoms with Gasteiger partial charge in [0.25, 0.3) is 0 Å². The maximum atomic E-state index is 13.0. The Kier molecular flexibility index (Phi) is 26.3. The Morgan fingerprint density at radius 1 is 0.593 bits per heavy atom. The molecule has 0 aromatic heterocycles. The van der Waals surface area contributed by atoms with E-state index in [1.54, 1.807) is 54.6 Å². The van der Waals surface area contributed by atoms with Gasteiger partial charge in [0.2, 0.25) is 35.4 Å². The number of ether oxygens (including phenoxy) is 1. The topological polar surface area (TPSA) is 258 Å². The van der Waals surface area contributed by atoms with Crippen molar-refractivity contribution in [3.63, 3.8) is 0 Å². The van der Waals surface area contributed by atoms with Crippen LogP contribution in [0.5, 0.6) is 0 Å². The summed E-state index contributed by atoms with van der Waals surface area (Å²) in [6.45, 7) is 6.96. The highest BCUT2D eigenvalue weighted by Crippen LogP contribution is 2.10. The second-order valence-corrected chi connectivity index (χ2v) is 10.9. The lowest BCUT2D eigenvalue weighted by Crippen LogP contribution is -2.52. The molecule has 54 heavy (non-hydrogen) atoms. The van der Waals surface area contributed by atoms with Gasteiger partial charge in [0.1, 0.15) is 12.6 Å². The number of aliphatic carboxylic acids is 1. The van der Waals surface area contributed by atoms with Crippen LogP contribution in [0.25, 0.3) is 0 Å². The van der Waals surface area contributed by atoms with Gasteiger partial charge in [-0.3, -0.25) is 33.6 Å². The van der Waals surface area contributed by atoms with Crippen molar-refractivity contribution in [2.24, 2.45) is 0 Å². The predicted octanol–water partition coefficient (Wildman–Crippen LogP) is 2.49. The third-order valence-electron chi connectivity index (χ3n) is 6.82. The lowest BCUT2D eigenvalue weighted by molar-refractivity contribution is -0.138. The Morgan fingerprint density at radius 3 is 1.81 bits per heavy atom. The van der Waals surface area contributed by atoms with E-state index in [4.69, 9.17) is 10.2 Å². The maximum Gasteiger partial charge on any atom is 0.506 e. The van der Waals surface area contributed by atoms with Gasteiger partial charge in [-0.2, -0.15) is 0 Å². The molecule has 0 saturated carbocycles. The molecule has 1 unspecified atom stereocenters. The summed E-state index contributed by atoms with van der Waals surface area (Å²) in [5.41, 5.74) is 1.70. The summed E-state index contributed by atoms with van der Waals surface area (Å²) < 4.78 is 4.48. The van der Waals surface area contributed by atoms with Crippen molar-refractivity contribution in [2.75, 3.05) is 31.5 Å². The van der Waals surface area contributed by atoms with Crippen LogP contribution in [-0.4, -0.2) is 90.0 Å². The van der Waals surface area contributed by atoms with Crippen LogP contribution in [0.3, 0.4) is 0 Å². The maximum absolute atomic E-state index is 13.0. The molecular weight excluding hydrogens is 704 g/mol. The molecule has 8 N–H and O–H groups in total. The van der Waals surface area contributed by atoms with E-state index in [1.807, 2.05) is 27.7 Å². The van der Waals surface area contributed by atoms with Gasteiger partial charge < -0.3 is 46.9 Å². The molecule has 2 rings (SSSR count). The summed E-state index contributed by atoms with van der Waals surface area (Å²) in [6.07, 6.45) is 0.227. The Hall–Kier alpha value is -6.00. The van der Waals surface area contributed by atoms with Crippen molar-refractivity contribution in [1.82, 2.24) is 26.6 Å². The molecular formula is C37H54N6O11. The van der Waals surface area contributed by atoms with E-state index in [0.29, 0.717) is 37.1 Å². The van der Waals surface area contributed by atoms with Crippen LogP contribution in [0.15, 0.2) is 54.6 Å². The fourth-order valence-electron chi connectivity index (χ4n) is 4.26. The number of hydrogen-bond donors (Lipinski definition) is 8. The molecule has 6 amide bonds. The Balaban J connectivity index is 0.00000678. The van der Waals surface area contributed by atoms with Crippen LogP contribution in [0.4, 0.5) is 10.5 Å². The van der Waals surface area contributed by atoms with Gasteiger partial charge in [0.15, 0.2) is 0 Å². The Bertz CT molecular complexity index is 1470. The summed E-state index contributed by atoms with van der Waals surface area (Å²) in [5.74, 6) is -4.27. The van der Waals surface area contributed by atoms with Crippen molar-refractivity contribution in [3.05, 3.63) is 65.7 Å². The summed E-state index contributed by atoms with van der Waals surface area (Å²) >= 11 is 0. The van der Waals surface area contributed by atoms with Crippen molar-refractivity contribution in [2.45, 2.75) is 85.3 Å². The van der Waals surface area contributed by atoms with Crippen LogP contribution in [-0.2, 0) is 51.3 Å². The molecule has 0 saturated heterocycles. The monoisotopic (exact) mass is 758 g/mol. The van der Waals surface area contributed by atoms with E-state index in [1.165, 1.54) is 0 Å². The van der Waals surface area contributed by atoms with Gasteiger partial charge in [-0.15, -0.1) is 0 Å². The molecule has 0 aliphatic rings.